The lowest BCUT2D eigenvalue weighted by molar-refractivity contribution is -0.199. The average molecular weight is 744 g/mol. The summed E-state index contributed by atoms with van der Waals surface area (Å²) >= 11 is 0. The summed E-state index contributed by atoms with van der Waals surface area (Å²) in [6.45, 7) is 11.6. The maximum atomic E-state index is 14.1. The standard InChI is InChI=1S/C33H41F4N5O4S.C2H6.CH3F/c1-6-10-29(38-5)28(7-2)40-23-41-19-20-42(47(44,45)27-12-9-11-26(17-18-27)46-32(4,34)35)30(22-41)31(43)39-21-24-13-15-25(16-14-24)33(36,37)8-3;2*1-2/h6-7,9-10,12-18,23,30,38H,2,8,11,19-22H2,1,3-5H3,(H,39,43);1-2H3;1H3/b10-6-,29-28-,40-23?;;/t30-;;/m1../s1. The van der Waals surface area contributed by atoms with Gasteiger partial charge in [0.15, 0.2) is 0 Å². The Morgan fingerprint density at radius 3 is 2.31 bits per heavy atom. The van der Waals surface area contributed by atoms with Crippen molar-refractivity contribution < 1.29 is 39.9 Å². The van der Waals surface area contributed by atoms with Crippen LogP contribution in [0.4, 0.5) is 22.0 Å². The average Bonchev–Trinajstić information content (AvgIpc) is 3.37. The first-order chi connectivity index (χ1) is 24.1. The highest BCUT2D eigenvalue weighted by molar-refractivity contribution is 7.93. The minimum absolute atomic E-state index is 0.0369. The normalized spacial score (nSPS) is 17.6. The second-order valence-corrected chi connectivity index (χ2v) is 12.7. The van der Waals surface area contributed by atoms with Crippen LogP contribution in [0.5, 0.6) is 0 Å². The number of nitrogens with zero attached hydrogens (tertiary/aromatic N) is 3. The fourth-order valence-corrected chi connectivity index (χ4v) is 6.41. The van der Waals surface area contributed by atoms with Crippen LogP contribution in [0, 0.1) is 0 Å². The molecule has 1 aliphatic carbocycles. The van der Waals surface area contributed by atoms with E-state index in [4.69, 9.17) is 0 Å². The molecule has 1 aromatic rings. The van der Waals surface area contributed by atoms with Crippen LogP contribution in [0.3, 0.4) is 0 Å². The van der Waals surface area contributed by atoms with Crippen LogP contribution >= 0.6 is 0 Å². The van der Waals surface area contributed by atoms with E-state index in [9.17, 15) is 35.2 Å². The van der Waals surface area contributed by atoms with E-state index in [0.717, 1.165) is 10.4 Å². The minimum Gasteiger partial charge on any atom is -0.437 e. The van der Waals surface area contributed by atoms with Gasteiger partial charge < -0.3 is 20.3 Å². The van der Waals surface area contributed by atoms with Crippen LogP contribution in [0.2, 0.25) is 0 Å². The van der Waals surface area contributed by atoms with Crippen molar-refractivity contribution in [3.63, 3.8) is 0 Å². The third kappa shape index (κ3) is 13.4. The molecule has 1 heterocycles. The van der Waals surface area contributed by atoms with Crippen LogP contribution in [-0.2, 0) is 32.0 Å². The monoisotopic (exact) mass is 743 g/mol. The predicted octanol–water partition coefficient (Wildman–Crippen LogP) is 7.31. The number of rotatable bonds is 14. The fourth-order valence-electron chi connectivity index (χ4n) is 4.81. The number of carbonyl (C=O) groups excluding carboxylic acids is 1. The van der Waals surface area contributed by atoms with Crippen molar-refractivity contribution in [2.75, 3.05) is 33.9 Å². The second-order valence-electron chi connectivity index (χ2n) is 10.8. The number of nitrogens with one attached hydrogen (secondary N) is 2. The van der Waals surface area contributed by atoms with Gasteiger partial charge in [-0.25, -0.2) is 22.2 Å². The van der Waals surface area contributed by atoms with Crippen molar-refractivity contribution in [2.45, 2.75) is 72.1 Å². The van der Waals surface area contributed by atoms with Gasteiger partial charge in [-0.2, -0.15) is 13.1 Å². The SMILES string of the molecule is C=C/C(N=CN1CCN(S(=O)(=O)C2=CC=C(OC(C)(F)F)CC=C2)[C@@H](C(=O)NCc2ccc(C(F)(F)CC)cc2)C1)=C(\C=C/C)NC.CC.CF. The van der Waals surface area contributed by atoms with Gasteiger partial charge in [0, 0.05) is 58.6 Å². The van der Waals surface area contributed by atoms with Crippen LogP contribution in [0.25, 0.3) is 0 Å². The number of likely N-dealkylation sites (N-methyl/N-ethyl adjacent to an activating group) is 1. The molecule has 1 aliphatic heterocycles. The van der Waals surface area contributed by atoms with Gasteiger partial charge >= 0.3 is 6.11 Å². The summed E-state index contributed by atoms with van der Waals surface area (Å²) in [5.41, 5.74) is 1.62. The number of carbonyl (C=O) groups is 1. The first kappa shape index (κ1) is 44.8. The maximum absolute atomic E-state index is 14.1. The number of aliphatic imine (C=N–C) groups is 1. The molecule has 3 rings (SSSR count). The number of hydrogen-bond donors (Lipinski definition) is 2. The topological polar surface area (TPSA) is 103 Å². The number of alkyl halides is 5. The number of amides is 1. The molecule has 1 amide bonds. The van der Waals surface area contributed by atoms with Gasteiger partial charge in [0.1, 0.15) is 11.8 Å². The molecule has 15 heteroatoms. The number of ether oxygens (including phenoxy) is 1. The molecule has 0 unspecified atom stereocenters. The Kier molecular flexibility index (Phi) is 18.6. The van der Waals surface area contributed by atoms with Crippen molar-refractivity contribution >= 4 is 22.3 Å². The number of sulfonamides is 1. The van der Waals surface area contributed by atoms with Gasteiger partial charge in [-0.1, -0.05) is 63.8 Å². The van der Waals surface area contributed by atoms with Gasteiger partial charge in [-0.3, -0.25) is 9.18 Å². The molecule has 51 heavy (non-hydrogen) atoms. The molecule has 9 nitrogen and oxygen atoms in total. The summed E-state index contributed by atoms with van der Waals surface area (Å²) in [5, 5.41) is 5.76. The van der Waals surface area contributed by atoms with Gasteiger partial charge in [-0.05, 0) is 42.9 Å². The molecule has 0 bridgehead atoms. The summed E-state index contributed by atoms with van der Waals surface area (Å²) in [4.78, 5) is 19.6. The highest BCUT2D eigenvalue weighted by Gasteiger charge is 2.40. The van der Waals surface area contributed by atoms with Crippen LogP contribution in [-0.4, -0.2) is 75.9 Å². The smallest absolute Gasteiger partial charge is 0.394 e. The van der Waals surface area contributed by atoms with E-state index < -0.39 is 34.0 Å². The lowest BCUT2D eigenvalue weighted by Crippen LogP contribution is -2.60. The van der Waals surface area contributed by atoms with E-state index in [-0.39, 0.29) is 55.2 Å². The number of halogens is 5. The third-order valence-electron chi connectivity index (χ3n) is 7.34. The number of piperazine rings is 1. The van der Waals surface area contributed by atoms with E-state index >= 15 is 0 Å². The van der Waals surface area contributed by atoms with E-state index in [0.29, 0.717) is 31.1 Å². The van der Waals surface area contributed by atoms with Gasteiger partial charge in [0.2, 0.25) is 15.9 Å². The zero-order chi connectivity index (χ0) is 38.8. The number of allylic oxidation sites excluding steroid dienone is 7. The third-order valence-corrected chi connectivity index (χ3v) is 9.26. The second kappa shape index (κ2) is 21.2. The molecule has 0 spiro atoms. The van der Waals surface area contributed by atoms with Crippen LogP contribution < -0.4 is 10.6 Å². The Balaban J connectivity index is 0.00000313. The number of benzene rings is 1. The lowest BCUT2D eigenvalue weighted by atomic mass is 10.0. The Morgan fingerprint density at radius 2 is 1.76 bits per heavy atom. The van der Waals surface area contributed by atoms with E-state index in [2.05, 4.69) is 26.9 Å². The molecule has 0 saturated carbocycles. The summed E-state index contributed by atoms with van der Waals surface area (Å²) in [6, 6.07) is 4.32. The molecule has 0 aromatic heterocycles. The van der Waals surface area contributed by atoms with Crippen molar-refractivity contribution in [2.24, 2.45) is 4.99 Å². The summed E-state index contributed by atoms with van der Waals surface area (Å²) in [5.74, 6) is -3.73. The van der Waals surface area contributed by atoms with Crippen LogP contribution in [0.15, 0.2) is 100 Å². The molecule has 1 fully saturated rings. The first-order valence-corrected chi connectivity index (χ1v) is 17.8. The van der Waals surface area contributed by atoms with Gasteiger partial charge in [0.25, 0.3) is 5.92 Å². The van der Waals surface area contributed by atoms with E-state index in [1.807, 2.05) is 32.9 Å². The lowest BCUT2D eigenvalue weighted by Gasteiger charge is -2.39. The van der Waals surface area contributed by atoms with Crippen molar-refractivity contribution in [1.29, 1.82) is 0 Å². The Labute approximate surface area is 299 Å². The van der Waals surface area contributed by atoms with Crippen LogP contribution in [0.1, 0.15) is 58.6 Å². The van der Waals surface area contributed by atoms with E-state index in [1.54, 1.807) is 18.0 Å². The van der Waals surface area contributed by atoms with E-state index in [1.165, 1.54) is 55.8 Å². The van der Waals surface area contributed by atoms with Gasteiger partial charge in [-0.15, -0.1) is 0 Å². The quantitative estimate of drug-likeness (QED) is 0.0897. The largest absolute Gasteiger partial charge is 0.437 e. The predicted molar refractivity (Wildman–Crippen MR) is 193 cm³/mol. The minimum atomic E-state index is -4.30. The Morgan fingerprint density at radius 1 is 1.12 bits per heavy atom. The van der Waals surface area contributed by atoms with Gasteiger partial charge in [0.05, 0.1) is 29.8 Å². The molecular weight excluding hydrogens is 693 g/mol. The molecule has 1 aromatic carbocycles. The molecule has 0 radical (unpaired) electrons. The molecule has 2 aliphatic rings. The Hall–Kier alpha value is -4.24. The Bertz CT molecular complexity index is 1580. The van der Waals surface area contributed by atoms with Crippen molar-refractivity contribution in [1.82, 2.24) is 19.8 Å². The van der Waals surface area contributed by atoms with Crippen molar-refractivity contribution in [3.05, 3.63) is 107 Å². The molecule has 1 atom stereocenters. The summed E-state index contributed by atoms with van der Waals surface area (Å²) in [7, 11) is -2.07. The molecule has 1 saturated heterocycles. The number of hydrogen-bond acceptors (Lipinski definition) is 6. The zero-order valence-corrected chi connectivity index (χ0v) is 31.0. The molecule has 284 valence electrons. The first-order valence-electron chi connectivity index (χ1n) is 16.4. The van der Waals surface area contributed by atoms with Crippen molar-refractivity contribution in [3.8, 4) is 0 Å². The molecule has 2 N–H and O–H groups in total. The summed E-state index contributed by atoms with van der Waals surface area (Å²) < 4.78 is 97.9. The fraction of sp³-hybridized carbons (Fsp3) is 0.444. The highest BCUT2D eigenvalue weighted by atomic mass is 32.2. The zero-order valence-electron chi connectivity index (χ0n) is 30.2. The summed E-state index contributed by atoms with van der Waals surface area (Å²) in [6.07, 6.45) is 7.85. The molecular formula is C36H50F5N5O4S. The highest BCUT2D eigenvalue weighted by Crippen LogP contribution is 2.31. The maximum Gasteiger partial charge on any atom is 0.394 e.